The van der Waals surface area contributed by atoms with E-state index in [4.69, 9.17) is 5.73 Å². The lowest BCUT2D eigenvalue weighted by Gasteiger charge is -2.14. The second-order valence-corrected chi connectivity index (χ2v) is 7.83. The van der Waals surface area contributed by atoms with Crippen LogP contribution in [0.4, 0.5) is 5.69 Å². The summed E-state index contributed by atoms with van der Waals surface area (Å²) in [7, 11) is -0.608. The Hall–Kier alpha value is -0.800. The molecular formula is C13H22ClN3O3S2. The van der Waals surface area contributed by atoms with Crippen molar-refractivity contribution in [2.45, 2.75) is 17.4 Å². The Labute approximate surface area is 142 Å². The van der Waals surface area contributed by atoms with Crippen molar-refractivity contribution < 1.29 is 13.2 Å². The summed E-state index contributed by atoms with van der Waals surface area (Å²) < 4.78 is 25.2. The summed E-state index contributed by atoms with van der Waals surface area (Å²) in [6.45, 7) is 0. The Morgan fingerprint density at radius 3 is 2.59 bits per heavy atom. The van der Waals surface area contributed by atoms with E-state index in [1.807, 2.05) is 6.26 Å². The maximum absolute atomic E-state index is 12.0. The summed E-state index contributed by atoms with van der Waals surface area (Å²) >= 11 is 1.62. The van der Waals surface area contributed by atoms with Gasteiger partial charge in [-0.05, 0) is 36.6 Å². The van der Waals surface area contributed by atoms with Crippen molar-refractivity contribution >= 4 is 45.8 Å². The smallest absolute Gasteiger partial charge is 0.242 e. The number of hydrogen-bond acceptors (Lipinski definition) is 5. The molecule has 1 aromatic carbocycles. The number of carbonyl (C=O) groups excluding carboxylic acids is 1. The van der Waals surface area contributed by atoms with E-state index in [1.165, 1.54) is 26.2 Å². The van der Waals surface area contributed by atoms with Gasteiger partial charge in [0.05, 0.1) is 10.9 Å². The molecule has 0 bridgehead atoms. The predicted molar refractivity (Wildman–Crippen MR) is 94.2 cm³/mol. The Morgan fingerprint density at radius 2 is 2.05 bits per heavy atom. The molecule has 0 radical (unpaired) electrons. The average Bonchev–Trinajstić information content (AvgIpc) is 2.44. The molecule has 3 N–H and O–H groups in total. The fraction of sp³-hybridized carbons (Fsp3) is 0.462. The number of sulfonamides is 1. The van der Waals surface area contributed by atoms with Gasteiger partial charge in [0.15, 0.2) is 0 Å². The molecule has 0 aliphatic rings. The predicted octanol–water partition coefficient (Wildman–Crippen LogP) is 1.38. The summed E-state index contributed by atoms with van der Waals surface area (Å²) in [6, 6.07) is 5.52. The quantitative estimate of drug-likeness (QED) is 0.759. The first kappa shape index (κ1) is 21.2. The molecule has 1 rings (SSSR count). The van der Waals surface area contributed by atoms with Crippen LogP contribution in [0.15, 0.2) is 29.2 Å². The molecule has 1 amide bonds. The van der Waals surface area contributed by atoms with Crippen molar-refractivity contribution in [3.05, 3.63) is 24.3 Å². The van der Waals surface area contributed by atoms with Crippen molar-refractivity contribution in [3.63, 3.8) is 0 Å². The third-order valence-corrected chi connectivity index (χ3v) is 5.30. The van der Waals surface area contributed by atoms with E-state index in [2.05, 4.69) is 5.32 Å². The van der Waals surface area contributed by atoms with Crippen LogP contribution in [0.25, 0.3) is 0 Å². The summed E-state index contributed by atoms with van der Waals surface area (Å²) in [4.78, 5) is 12.0. The standard InChI is InChI=1S/C13H21N3O3S2.ClH/c1-16(2)21(18,19)11-6-4-5-10(9-11)15-13(17)12(14)7-8-20-3;/h4-6,9,12H,7-8,14H2,1-3H3,(H,15,17);1H/t12-;/m0./s1. The van der Waals surface area contributed by atoms with Gasteiger partial charge >= 0.3 is 0 Å². The minimum atomic E-state index is -3.52. The number of nitrogens with two attached hydrogens (primary N) is 1. The zero-order valence-corrected chi connectivity index (χ0v) is 15.2. The second-order valence-electron chi connectivity index (χ2n) is 4.69. The van der Waals surface area contributed by atoms with Crippen LogP contribution >= 0.6 is 24.2 Å². The van der Waals surface area contributed by atoms with Crippen LogP contribution < -0.4 is 11.1 Å². The van der Waals surface area contributed by atoms with Crippen LogP contribution in [0.2, 0.25) is 0 Å². The topological polar surface area (TPSA) is 92.5 Å². The first-order chi connectivity index (χ1) is 9.78. The molecule has 6 nitrogen and oxygen atoms in total. The van der Waals surface area contributed by atoms with Crippen molar-refractivity contribution in [1.29, 1.82) is 0 Å². The molecule has 126 valence electrons. The van der Waals surface area contributed by atoms with Gasteiger partial charge in [-0.1, -0.05) is 6.07 Å². The molecule has 0 spiro atoms. The number of amides is 1. The molecule has 0 aliphatic heterocycles. The van der Waals surface area contributed by atoms with Crippen LogP contribution in [-0.4, -0.2) is 50.8 Å². The van der Waals surface area contributed by atoms with Crippen LogP contribution in [0.1, 0.15) is 6.42 Å². The Bertz CT molecular complexity index is 594. The summed E-state index contributed by atoms with van der Waals surface area (Å²) in [5, 5.41) is 2.65. The highest BCUT2D eigenvalue weighted by Crippen LogP contribution is 2.18. The van der Waals surface area contributed by atoms with Gasteiger partial charge in [-0.3, -0.25) is 4.79 Å². The molecule has 0 heterocycles. The monoisotopic (exact) mass is 367 g/mol. The number of anilines is 1. The fourth-order valence-electron chi connectivity index (χ4n) is 1.56. The molecule has 1 aromatic rings. The first-order valence-electron chi connectivity index (χ1n) is 6.37. The third-order valence-electron chi connectivity index (χ3n) is 2.85. The van der Waals surface area contributed by atoms with Crippen LogP contribution in [0, 0.1) is 0 Å². The molecule has 0 saturated heterocycles. The van der Waals surface area contributed by atoms with Gasteiger partial charge < -0.3 is 11.1 Å². The molecule has 0 fully saturated rings. The van der Waals surface area contributed by atoms with Crippen LogP contribution in [-0.2, 0) is 14.8 Å². The van der Waals surface area contributed by atoms with E-state index >= 15 is 0 Å². The summed E-state index contributed by atoms with van der Waals surface area (Å²) in [6.07, 6.45) is 2.52. The summed E-state index contributed by atoms with van der Waals surface area (Å²) in [5.74, 6) is 0.479. The first-order valence-corrected chi connectivity index (χ1v) is 9.20. The number of carbonyl (C=O) groups is 1. The number of benzene rings is 1. The van der Waals surface area contributed by atoms with Gasteiger partial charge in [0.25, 0.3) is 0 Å². The van der Waals surface area contributed by atoms with E-state index in [0.29, 0.717) is 12.1 Å². The van der Waals surface area contributed by atoms with Gasteiger partial charge in [-0.15, -0.1) is 12.4 Å². The van der Waals surface area contributed by atoms with Crippen molar-refractivity contribution in [3.8, 4) is 0 Å². The van der Waals surface area contributed by atoms with Gasteiger partial charge in [0, 0.05) is 19.8 Å². The molecule has 9 heteroatoms. The molecule has 0 aromatic heterocycles. The van der Waals surface area contributed by atoms with Gasteiger partial charge in [0.2, 0.25) is 15.9 Å². The van der Waals surface area contributed by atoms with Crippen molar-refractivity contribution in [2.24, 2.45) is 5.73 Å². The van der Waals surface area contributed by atoms with Crippen LogP contribution in [0.3, 0.4) is 0 Å². The fourth-order valence-corrected chi connectivity index (χ4v) is 2.99. The normalized spacial score (nSPS) is 12.6. The van der Waals surface area contributed by atoms with E-state index in [1.54, 1.807) is 23.9 Å². The molecule has 0 aliphatic carbocycles. The maximum atomic E-state index is 12.0. The molecule has 22 heavy (non-hydrogen) atoms. The largest absolute Gasteiger partial charge is 0.325 e. The molecule has 0 unspecified atom stereocenters. The molecule has 1 atom stereocenters. The Morgan fingerprint density at radius 1 is 1.41 bits per heavy atom. The third kappa shape index (κ3) is 5.77. The van der Waals surface area contributed by atoms with E-state index in [0.717, 1.165) is 10.1 Å². The minimum absolute atomic E-state index is 0. The molecule has 0 saturated carbocycles. The zero-order valence-electron chi connectivity index (χ0n) is 12.8. The van der Waals surface area contributed by atoms with E-state index in [-0.39, 0.29) is 23.2 Å². The summed E-state index contributed by atoms with van der Waals surface area (Å²) in [5.41, 5.74) is 6.19. The van der Waals surface area contributed by atoms with E-state index < -0.39 is 16.1 Å². The number of rotatable bonds is 7. The molecular weight excluding hydrogens is 346 g/mol. The minimum Gasteiger partial charge on any atom is -0.325 e. The maximum Gasteiger partial charge on any atom is 0.242 e. The van der Waals surface area contributed by atoms with Gasteiger partial charge in [-0.25, -0.2) is 12.7 Å². The van der Waals surface area contributed by atoms with E-state index in [9.17, 15) is 13.2 Å². The van der Waals surface area contributed by atoms with Crippen molar-refractivity contribution in [1.82, 2.24) is 4.31 Å². The SMILES string of the molecule is CSCC[C@H](N)C(=O)Nc1cccc(S(=O)(=O)N(C)C)c1.Cl. The lowest BCUT2D eigenvalue weighted by Crippen LogP contribution is -2.36. The number of thioether (sulfide) groups is 1. The zero-order chi connectivity index (χ0) is 16.0. The van der Waals surface area contributed by atoms with Crippen molar-refractivity contribution in [2.75, 3.05) is 31.4 Å². The van der Waals surface area contributed by atoms with Gasteiger partial charge in [-0.2, -0.15) is 11.8 Å². The number of nitrogens with one attached hydrogen (secondary N) is 1. The second kappa shape index (κ2) is 9.36. The Balaban J connectivity index is 0.00000441. The van der Waals surface area contributed by atoms with Gasteiger partial charge in [0.1, 0.15) is 0 Å². The lowest BCUT2D eigenvalue weighted by atomic mass is 10.2. The Kier molecular flexibility index (Phi) is 9.02. The average molecular weight is 368 g/mol. The lowest BCUT2D eigenvalue weighted by molar-refractivity contribution is -0.117. The van der Waals surface area contributed by atoms with Crippen LogP contribution in [0.5, 0.6) is 0 Å². The number of hydrogen-bond donors (Lipinski definition) is 2. The highest BCUT2D eigenvalue weighted by atomic mass is 35.5. The number of nitrogens with zero attached hydrogens (tertiary/aromatic N) is 1. The highest BCUT2D eigenvalue weighted by molar-refractivity contribution is 7.98. The number of halogens is 1. The highest BCUT2D eigenvalue weighted by Gasteiger charge is 2.18.